The average molecular weight is 469 g/mol. The van der Waals surface area contributed by atoms with E-state index in [4.69, 9.17) is 16.6 Å². The number of primary amides is 1. The van der Waals surface area contributed by atoms with Gasteiger partial charge in [-0.05, 0) is 12.8 Å². The highest BCUT2D eigenvalue weighted by molar-refractivity contribution is 5.95. The van der Waals surface area contributed by atoms with Gasteiger partial charge in [0.25, 0.3) is 0 Å². The lowest BCUT2D eigenvalue weighted by atomic mass is 10.0. The summed E-state index contributed by atoms with van der Waals surface area (Å²) in [5, 5.41) is 25.8. The molecule has 0 fully saturated rings. The number of H-pyrrole nitrogens is 1. The minimum atomic E-state index is -1.58. The van der Waals surface area contributed by atoms with Crippen LogP contribution in [0.15, 0.2) is 12.5 Å². The molecule has 184 valence electrons. The van der Waals surface area contributed by atoms with Crippen LogP contribution in [0.4, 0.5) is 0 Å². The molecule has 4 amide bonds. The van der Waals surface area contributed by atoms with Crippen molar-refractivity contribution >= 4 is 29.6 Å². The zero-order valence-corrected chi connectivity index (χ0v) is 18.6. The molecule has 0 bridgehead atoms. The molecule has 0 aliphatic carbocycles. The Bertz CT molecular complexity index is 842. The number of aromatic nitrogens is 2. The van der Waals surface area contributed by atoms with Gasteiger partial charge in [0, 0.05) is 18.3 Å². The average Bonchev–Trinajstić information content (AvgIpc) is 3.22. The van der Waals surface area contributed by atoms with Crippen LogP contribution in [0.25, 0.3) is 0 Å². The Kier molecular flexibility index (Phi) is 10.4. The van der Waals surface area contributed by atoms with Crippen molar-refractivity contribution in [2.45, 2.75) is 63.9 Å². The number of carbonyl (C=O) groups is 5. The third kappa shape index (κ3) is 8.86. The summed E-state index contributed by atoms with van der Waals surface area (Å²) in [5.74, 6) is -5.17. The van der Waals surface area contributed by atoms with E-state index in [9.17, 15) is 29.1 Å². The Hall–Kier alpha value is -3.52. The number of nitrogens with zero attached hydrogens (tertiary/aromatic N) is 1. The fourth-order valence-electron chi connectivity index (χ4n) is 2.71. The molecule has 1 heterocycles. The number of imidazole rings is 1. The Morgan fingerprint density at radius 3 is 2.09 bits per heavy atom. The molecule has 1 aromatic rings. The van der Waals surface area contributed by atoms with Gasteiger partial charge in [0.1, 0.15) is 18.1 Å². The standard InChI is InChI=1S/C19H31N7O7/c1-8(2)14(20)18(32)25-12(4-10-6-22-7-23-10)17(31)26-15(9(3)27)19(33)24-11(16(21)30)5-13(28)29/h6-9,11-12,14-15,27H,4-5,20H2,1-3H3,(H2,21,30)(H,22,23)(H,24,33)(H,25,32)(H,26,31)(H,28,29)/t9-,11+,12+,14?,15+/m1/s1. The number of nitrogens with two attached hydrogens (primary N) is 2. The number of amides is 4. The van der Waals surface area contributed by atoms with Crippen molar-refractivity contribution in [3.8, 4) is 0 Å². The SMILES string of the molecule is CC(C)C(N)C(=O)N[C@@H](Cc1cnc[nH]1)C(=O)N[C@H](C(=O)N[C@@H](CC(=O)O)C(N)=O)[C@@H](C)O. The fourth-order valence-corrected chi connectivity index (χ4v) is 2.71. The highest BCUT2D eigenvalue weighted by Crippen LogP contribution is 2.05. The smallest absolute Gasteiger partial charge is 0.305 e. The van der Waals surface area contributed by atoms with Crippen LogP contribution in [0.1, 0.15) is 32.9 Å². The molecule has 1 unspecified atom stereocenters. The summed E-state index contributed by atoms with van der Waals surface area (Å²) in [7, 11) is 0. The lowest BCUT2D eigenvalue weighted by molar-refractivity contribution is -0.141. The lowest BCUT2D eigenvalue weighted by Crippen LogP contribution is -2.61. The van der Waals surface area contributed by atoms with E-state index in [1.54, 1.807) is 13.8 Å². The second-order valence-corrected chi connectivity index (χ2v) is 7.90. The van der Waals surface area contributed by atoms with E-state index in [-0.39, 0.29) is 12.3 Å². The number of aliphatic carboxylic acids is 1. The molecule has 0 saturated heterocycles. The second kappa shape index (κ2) is 12.5. The molecular weight excluding hydrogens is 438 g/mol. The van der Waals surface area contributed by atoms with Crippen LogP contribution in [0.3, 0.4) is 0 Å². The summed E-state index contributed by atoms with van der Waals surface area (Å²) in [4.78, 5) is 66.9. The monoisotopic (exact) mass is 469 g/mol. The zero-order valence-electron chi connectivity index (χ0n) is 18.6. The Morgan fingerprint density at radius 2 is 1.64 bits per heavy atom. The molecule has 0 aliphatic heterocycles. The predicted molar refractivity (Wildman–Crippen MR) is 114 cm³/mol. The van der Waals surface area contributed by atoms with Crippen LogP contribution in [0.2, 0.25) is 0 Å². The Balaban J connectivity index is 3.03. The number of hydrogen-bond acceptors (Lipinski definition) is 8. The molecular formula is C19H31N7O7. The topological polar surface area (TPSA) is 243 Å². The van der Waals surface area contributed by atoms with E-state index >= 15 is 0 Å². The molecule has 0 radical (unpaired) electrons. The third-order valence-corrected chi connectivity index (χ3v) is 4.73. The van der Waals surface area contributed by atoms with E-state index in [1.165, 1.54) is 19.4 Å². The minimum absolute atomic E-state index is 0.0283. The molecule has 33 heavy (non-hydrogen) atoms. The zero-order chi connectivity index (χ0) is 25.3. The van der Waals surface area contributed by atoms with Crippen molar-refractivity contribution in [1.29, 1.82) is 0 Å². The number of aromatic amines is 1. The van der Waals surface area contributed by atoms with Gasteiger partial charge in [-0.3, -0.25) is 24.0 Å². The second-order valence-electron chi connectivity index (χ2n) is 7.90. The van der Waals surface area contributed by atoms with Crippen molar-refractivity contribution in [2.75, 3.05) is 0 Å². The summed E-state index contributed by atoms with van der Waals surface area (Å²) in [6.45, 7) is 4.67. The van der Waals surface area contributed by atoms with Gasteiger partial charge >= 0.3 is 5.97 Å². The molecule has 0 saturated carbocycles. The van der Waals surface area contributed by atoms with Gasteiger partial charge in [-0.25, -0.2) is 4.98 Å². The van der Waals surface area contributed by atoms with Crippen molar-refractivity contribution in [1.82, 2.24) is 25.9 Å². The summed E-state index contributed by atoms with van der Waals surface area (Å²) < 4.78 is 0. The lowest BCUT2D eigenvalue weighted by Gasteiger charge is -2.26. The maximum atomic E-state index is 12.9. The van der Waals surface area contributed by atoms with Crippen molar-refractivity contribution < 1.29 is 34.2 Å². The molecule has 1 rings (SSSR count). The largest absolute Gasteiger partial charge is 0.481 e. The van der Waals surface area contributed by atoms with E-state index in [1.807, 2.05) is 0 Å². The Morgan fingerprint density at radius 1 is 1.03 bits per heavy atom. The molecule has 0 aromatic carbocycles. The summed E-state index contributed by atoms with van der Waals surface area (Å²) >= 11 is 0. The highest BCUT2D eigenvalue weighted by Gasteiger charge is 2.33. The van der Waals surface area contributed by atoms with E-state index < -0.39 is 66.3 Å². The van der Waals surface area contributed by atoms with Gasteiger partial charge in [-0.15, -0.1) is 0 Å². The van der Waals surface area contributed by atoms with Gasteiger partial charge < -0.3 is 42.6 Å². The number of hydrogen-bond donors (Lipinski definition) is 8. The molecule has 0 aliphatic rings. The number of nitrogens with one attached hydrogen (secondary N) is 4. The van der Waals surface area contributed by atoms with Crippen LogP contribution in [-0.4, -0.2) is 80.1 Å². The normalized spacial score (nSPS) is 15.6. The molecule has 10 N–H and O–H groups in total. The van der Waals surface area contributed by atoms with Gasteiger partial charge in [0.05, 0.1) is 24.9 Å². The first-order chi connectivity index (χ1) is 15.3. The first-order valence-electron chi connectivity index (χ1n) is 10.2. The fraction of sp³-hybridized carbons (Fsp3) is 0.579. The van der Waals surface area contributed by atoms with Gasteiger partial charge in [-0.2, -0.15) is 0 Å². The number of carboxylic acid groups (broad SMARTS) is 1. The van der Waals surface area contributed by atoms with Crippen molar-refractivity contribution in [3.63, 3.8) is 0 Å². The summed E-state index contributed by atoms with van der Waals surface area (Å²) in [6.07, 6.45) is 0.572. The van der Waals surface area contributed by atoms with Gasteiger partial charge in [0.15, 0.2) is 0 Å². The predicted octanol–water partition coefficient (Wildman–Crippen LogP) is -3.27. The number of aliphatic hydroxyl groups excluding tert-OH is 1. The minimum Gasteiger partial charge on any atom is -0.481 e. The molecule has 5 atom stereocenters. The molecule has 14 nitrogen and oxygen atoms in total. The molecule has 14 heteroatoms. The number of rotatable bonds is 13. The third-order valence-electron chi connectivity index (χ3n) is 4.73. The summed E-state index contributed by atoms with van der Waals surface area (Å²) in [6, 6.07) is -5.22. The maximum absolute atomic E-state index is 12.9. The van der Waals surface area contributed by atoms with Crippen molar-refractivity contribution in [2.24, 2.45) is 17.4 Å². The van der Waals surface area contributed by atoms with E-state index in [0.29, 0.717) is 5.69 Å². The quantitative estimate of drug-likeness (QED) is 0.144. The first kappa shape index (κ1) is 27.5. The summed E-state index contributed by atoms with van der Waals surface area (Å²) in [5.41, 5.74) is 11.5. The number of aliphatic hydroxyl groups is 1. The number of carbonyl (C=O) groups excluding carboxylic acids is 4. The number of carboxylic acids is 1. The highest BCUT2D eigenvalue weighted by atomic mass is 16.4. The van der Waals surface area contributed by atoms with Crippen LogP contribution in [-0.2, 0) is 30.4 Å². The van der Waals surface area contributed by atoms with E-state index in [2.05, 4.69) is 25.9 Å². The van der Waals surface area contributed by atoms with Gasteiger partial charge in [0.2, 0.25) is 23.6 Å². The first-order valence-corrected chi connectivity index (χ1v) is 10.2. The van der Waals surface area contributed by atoms with Crippen LogP contribution in [0, 0.1) is 5.92 Å². The van der Waals surface area contributed by atoms with E-state index in [0.717, 1.165) is 0 Å². The van der Waals surface area contributed by atoms with Gasteiger partial charge in [-0.1, -0.05) is 13.8 Å². The Labute approximate surface area is 189 Å². The van der Waals surface area contributed by atoms with Crippen LogP contribution in [0.5, 0.6) is 0 Å². The van der Waals surface area contributed by atoms with Crippen LogP contribution < -0.4 is 27.4 Å². The van der Waals surface area contributed by atoms with Crippen LogP contribution >= 0.6 is 0 Å². The molecule has 1 aromatic heterocycles. The maximum Gasteiger partial charge on any atom is 0.305 e. The molecule has 0 spiro atoms. The van der Waals surface area contributed by atoms with Crippen molar-refractivity contribution in [3.05, 3.63) is 18.2 Å².